The van der Waals surface area contributed by atoms with Crippen molar-refractivity contribution in [2.45, 2.75) is 38.8 Å². The number of aryl methyl sites for hydroxylation is 1. The van der Waals surface area contributed by atoms with Crippen LogP contribution in [0, 0.1) is 6.92 Å². The minimum Gasteiger partial charge on any atom is -0.467 e. The van der Waals surface area contributed by atoms with Crippen molar-refractivity contribution in [3.63, 3.8) is 0 Å². The van der Waals surface area contributed by atoms with Crippen LogP contribution in [0.25, 0.3) is 0 Å². The summed E-state index contributed by atoms with van der Waals surface area (Å²) in [5.74, 6) is -0.335. The molecule has 1 amide bonds. The Morgan fingerprint density at radius 1 is 1.50 bits per heavy atom. The van der Waals surface area contributed by atoms with Crippen molar-refractivity contribution in [2.75, 3.05) is 7.11 Å². The number of nitrogens with zero attached hydrogens (tertiary/aromatic N) is 1. The molecule has 0 saturated carbocycles. The second kappa shape index (κ2) is 5.95. The van der Waals surface area contributed by atoms with Crippen LogP contribution in [0.15, 0.2) is 22.7 Å². The molecule has 0 spiro atoms. The number of amides is 1. The summed E-state index contributed by atoms with van der Waals surface area (Å²) in [5, 5.41) is 0. The number of carbonyl (C=O) groups excluding carboxylic acids is 2. The molecule has 0 bridgehead atoms. The third kappa shape index (κ3) is 2.73. The Morgan fingerprint density at radius 2 is 2.20 bits per heavy atom. The number of likely N-dealkylation sites (tertiary alicyclic amines) is 1. The quantitative estimate of drug-likeness (QED) is 0.795. The van der Waals surface area contributed by atoms with Gasteiger partial charge in [-0.05, 0) is 37.5 Å². The fraction of sp³-hybridized carbons (Fsp3) is 0.467. The van der Waals surface area contributed by atoms with Crippen molar-refractivity contribution in [2.24, 2.45) is 0 Å². The molecule has 2 unspecified atom stereocenters. The van der Waals surface area contributed by atoms with E-state index in [1.165, 1.54) is 7.11 Å². The maximum absolute atomic E-state index is 12.1. The van der Waals surface area contributed by atoms with Gasteiger partial charge >= 0.3 is 5.97 Å². The molecule has 2 atom stereocenters. The van der Waals surface area contributed by atoms with Crippen molar-refractivity contribution < 1.29 is 14.3 Å². The number of halogens is 1. The SMILES string of the molecule is COC(=O)C1CCC(=O)N1C(C)c1ccc(C)c(Br)c1. The van der Waals surface area contributed by atoms with Gasteiger partial charge in [-0.3, -0.25) is 4.79 Å². The first-order chi connectivity index (χ1) is 9.45. The largest absolute Gasteiger partial charge is 0.467 e. The average molecular weight is 340 g/mol. The van der Waals surface area contributed by atoms with Crippen LogP contribution < -0.4 is 0 Å². The lowest BCUT2D eigenvalue weighted by Crippen LogP contribution is -2.40. The summed E-state index contributed by atoms with van der Waals surface area (Å²) < 4.78 is 5.80. The average Bonchev–Trinajstić information content (AvgIpc) is 2.82. The van der Waals surface area contributed by atoms with Crippen LogP contribution in [-0.2, 0) is 14.3 Å². The van der Waals surface area contributed by atoms with E-state index in [0.717, 1.165) is 15.6 Å². The van der Waals surface area contributed by atoms with E-state index in [4.69, 9.17) is 4.74 Å². The summed E-state index contributed by atoms with van der Waals surface area (Å²) in [6, 6.07) is 5.38. The maximum Gasteiger partial charge on any atom is 0.328 e. The van der Waals surface area contributed by atoms with E-state index in [1.807, 2.05) is 32.0 Å². The fourth-order valence-electron chi connectivity index (χ4n) is 2.59. The van der Waals surface area contributed by atoms with Crippen LogP contribution in [0.4, 0.5) is 0 Å². The number of hydrogen-bond acceptors (Lipinski definition) is 3. The molecule has 0 N–H and O–H groups in total. The second-order valence-corrected chi connectivity index (χ2v) is 5.92. The zero-order valence-corrected chi connectivity index (χ0v) is 13.4. The number of rotatable bonds is 3. The lowest BCUT2D eigenvalue weighted by atomic mass is 10.0. The highest BCUT2D eigenvalue weighted by atomic mass is 79.9. The van der Waals surface area contributed by atoms with Crippen molar-refractivity contribution in [3.8, 4) is 0 Å². The molecule has 0 aliphatic carbocycles. The predicted molar refractivity (Wildman–Crippen MR) is 79.2 cm³/mol. The molecule has 1 aliphatic rings. The van der Waals surface area contributed by atoms with E-state index in [-0.39, 0.29) is 17.9 Å². The Hall–Kier alpha value is -1.36. The summed E-state index contributed by atoms with van der Waals surface area (Å²) in [4.78, 5) is 25.5. The third-order valence-electron chi connectivity index (χ3n) is 3.82. The molecular formula is C15H18BrNO3. The molecule has 1 aromatic rings. The normalized spacial score (nSPS) is 20.1. The summed E-state index contributed by atoms with van der Waals surface area (Å²) in [5.41, 5.74) is 2.14. The number of benzene rings is 1. The molecule has 4 nitrogen and oxygen atoms in total. The Balaban J connectivity index is 2.29. The second-order valence-electron chi connectivity index (χ2n) is 5.06. The molecular weight excluding hydrogens is 322 g/mol. The smallest absolute Gasteiger partial charge is 0.328 e. The number of carbonyl (C=O) groups is 2. The highest BCUT2D eigenvalue weighted by Gasteiger charge is 2.39. The van der Waals surface area contributed by atoms with Gasteiger partial charge in [0.1, 0.15) is 6.04 Å². The van der Waals surface area contributed by atoms with Gasteiger partial charge in [0.15, 0.2) is 0 Å². The molecule has 1 aromatic carbocycles. The van der Waals surface area contributed by atoms with Gasteiger partial charge in [-0.15, -0.1) is 0 Å². The molecule has 1 aliphatic heterocycles. The fourth-order valence-corrected chi connectivity index (χ4v) is 2.98. The monoisotopic (exact) mass is 339 g/mol. The number of hydrogen-bond donors (Lipinski definition) is 0. The maximum atomic E-state index is 12.1. The first-order valence-electron chi connectivity index (χ1n) is 6.60. The number of esters is 1. The van der Waals surface area contributed by atoms with E-state index in [9.17, 15) is 9.59 Å². The van der Waals surface area contributed by atoms with E-state index < -0.39 is 6.04 Å². The minimum atomic E-state index is -0.470. The number of methoxy groups -OCH3 is 1. The molecule has 108 valence electrons. The van der Waals surface area contributed by atoms with Gasteiger partial charge in [0.05, 0.1) is 13.2 Å². The van der Waals surface area contributed by atoms with Crippen LogP contribution in [0.2, 0.25) is 0 Å². The summed E-state index contributed by atoms with van der Waals surface area (Å²) in [7, 11) is 1.36. The molecule has 5 heteroatoms. The highest BCUT2D eigenvalue weighted by Crippen LogP contribution is 2.32. The molecule has 1 fully saturated rings. The molecule has 1 heterocycles. The van der Waals surface area contributed by atoms with Crippen LogP contribution in [0.1, 0.15) is 36.9 Å². The molecule has 1 saturated heterocycles. The molecule has 20 heavy (non-hydrogen) atoms. The van der Waals surface area contributed by atoms with Crippen LogP contribution >= 0.6 is 15.9 Å². The van der Waals surface area contributed by atoms with Gasteiger partial charge < -0.3 is 9.64 Å². The van der Waals surface area contributed by atoms with Gasteiger partial charge in [0.25, 0.3) is 0 Å². The topological polar surface area (TPSA) is 46.6 Å². The van der Waals surface area contributed by atoms with E-state index in [0.29, 0.717) is 12.8 Å². The Bertz CT molecular complexity index is 544. The predicted octanol–water partition coefficient (Wildman–Crippen LogP) is 2.98. The van der Waals surface area contributed by atoms with E-state index in [2.05, 4.69) is 15.9 Å². The Labute approximate surface area is 127 Å². The first kappa shape index (κ1) is 15.0. The highest BCUT2D eigenvalue weighted by molar-refractivity contribution is 9.10. The number of ether oxygens (including phenoxy) is 1. The van der Waals surface area contributed by atoms with Crippen molar-refractivity contribution in [1.82, 2.24) is 4.90 Å². The van der Waals surface area contributed by atoms with Gasteiger partial charge in [-0.25, -0.2) is 4.79 Å². The third-order valence-corrected chi connectivity index (χ3v) is 4.68. The van der Waals surface area contributed by atoms with Crippen molar-refractivity contribution in [1.29, 1.82) is 0 Å². The van der Waals surface area contributed by atoms with Crippen molar-refractivity contribution in [3.05, 3.63) is 33.8 Å². The molecule has 0 aromatic heterocycles. The van der Waals surface area contributed by atoms with E-state index in [1.54, 1.807) is 4.90 Å². The Morgan fingerprint density at radius 3 is 2.80 bits per heavy atom. The van der Waals surface area contributed by atoms with Crippen LogP contribution in [0.3, 0.4) is 0 Å². The van der Waals surface area contributed by atoms with Gasteiger partial charge in [0.2, 0.25) is 5.91 Å². The van der Waals surface area contributed by atoms with Gasteiger partial charge in [-0.1, -0.05) is 28.1 Å². The minimum absolute atomic E-state index is 0.00426. The summed E-state index contributed by atoms with van der Waals surface area (Å²) in [6.45, 7) is 3.95. The van der Waals surface area contributed by atoms with Crippen LogP contribution in [-0.4, -0.2) is 29.9 Å². The lowest BCUT2D eigenvalue weighted by Gasteiger charge is -2.30. The van der Waals surface area contributed by atoms with E-state index >= 15 is 0 Å². The van der Waals surface area contributed by atoms with Gasteiger partial charge in [0, 0.05) is 10.9 Å². The zero-order valence-electron chi connectivity index (χ0n) is 11.9. The Kier molecular flexibility index (Phi) is 4.48. The van der Waals surface area contributed by atoms with Gasteiger partial charge in [-0.2, -0.15) is 0 Å². The molecule has 0 radical (unpaired) electrons. The van der Waals surface area contributed by atoms with Crippen molar-refractivity contribution >= 4 is 27.8 Å². The summed E-state index contributed by atoms with van der Waals surface area (Å²) >= 11 is 3.50. The first-order valence-corrected chi connectivity index (χ1v) is 7.40. The molecule has 2 rings (SSSR count). The zero-order chi connectivity index (χ0) is 14.9. The summed E-state index contributed by atoms with van der Waals surface area (Å²) in [6.07, 6.45) is 0.931. The lowest BCUT2D eigenvalue weighted by molar-refractivity contribution is -0.150. The van der Waals surface area contributed by atoms with Crippen LogP contribution in [0.5, 0.6) is 0 Å². The standard InChI is InChI=1S/C15H18BrNO3/c1-9-4-5-11(8-12(9)16)10(2)17-13(15(19)20-3)6-7-14(17)18/h4-5,8,10,13H,6-7H2,1-3H3.